The molecule has 1 heterocycles. The Morgan fingerprint density at radius 1 is 1.12 bits per heavy atom. The minimum Gasteiger partial charge on any atom is -0.497 e. The van der Waals surface area contributed by atoms with Gasteiger partial charge < -0.3 is 15.0 Å². The summed E-state index contributed by atoms with van der Waals surface area (Å²) in [6.07, 6.45) is 4.09. The number of aryl methyl sites for hydroxylation is 1. The van der Waals surface area contributed by atoms with E-state index in [1.807, 2.05) is 54.7 Å². The molecule has 0 atom stereocenters. The second-order valence-corrected chi connectivity index (χ2v) is 5.81. The molecular formula is C20H22N2O2. The van der Waals surface area contributed by atoms with Crippen LogP contribution in [0.2, 0.25) is 0 Å². The van der Waals surface area contributed by atoms with Gasteiger partial charge in [0.25, 0.3) is 0 Å². The van der Waals surface area contributed by atoms with Crippen molar-refractivity contribution >= 4 is 16.8 Å². The van der Waals surface area contributed by atoms with Gasteiger partial charge in [0.05, 0.1) is 7.11 Å². The first kappa shape index (κ1) is 16.1. The lowest BCUT2D eigenvalue weighted by atomic mass is 10.1. The summed E-state index contributed by atoms with van der Waals surface area (Å²) < 4.78 is 5.28. The van der Waals surface area contributed by atoms with Gasteiger partial charge >= 0.3 is 0 Å². The van der Waals surface area contributed by atoms with E-state index in [1.165, 1.54) is 11.1 Å². The fraction of sp³-hybridized carbons (Fsp3) is 0.250. The van der Waals surface area contributed by atoms with Crippen molar-refractivity contribution in [3.8, 4) is 5.75 Å². The summed E-state index contributed by atoms with van der Waals surface area (Å²) in [5.41, 5.74) is 3.46. The van der Waals surface area contributed by atoms with Gasteiger partial charge in [0, 0.05) is 30.1 Å². The molecule has 0 saturated carbocycles. The van der Waals surface area contributed by atoms with E-state index in [9.17, 15) is 4.79 Å². The van der Waals surface area contributed by atoms with E-state index in [2.05, 4.69) is 10.3 Å². The highest BCUT2D eigenvalue weighted by Gasteiger charge is 2.06. The SMILES string of the molecule is COc1ccc2[nH]cc(CCNC(=O)CCc3ccccc3)c2c1. The Morgan fingerprint density at radius 2 is 1.96 bits per heavy atom. The molecule has 2 N–H and O–H groups in total. The number of fused-ring (bicyclic) bond motifs is 1. The zero-order chi connectivity index (χ0) is 16.8. The highest BCUT2D eigenvalue weighted by molar-refractivity contribution is 5.84. The molecular weight excluding hydrogens is 300 g/mol. The van der Waals surface area contributed by atoms with Crippen LogP contribution in [0.25, 0.3) is 10.9 Å². The third-order valence-electron chi connectivity index (χ3n) is 4.17. The molecule has 0 spiro atoms. The van der Waals surface area contributed by atoms with E-state index in [-0.39, 0.29) is 5.91 Å². The number of carbonyl (C=O) groups excluding carboxylic acids is 1. The number of carbonyl (C=O) groups is 1. The van der Waals surface area contributed by atoms with Crippen LogP contribution in [0.3, 0.4) is 0 Å². The summed E-state index contributed by atoms with van der Waals surface area (Å²) >= 11 is 0. The molecule has 4 heteroatoms. The van der Waals surface area contributed by atoms with Crippen molar-refractivity contribution in [2.45, 2.75) is 19.3 Å². The maximum atomic E-state index is 12.0. The lowest BCUT2D eigenvalue weighted by Crippen LogP contribution is -2.25. The average Bonchev–Trinajstić information content (AvgIpc) is 3.03. The number of benzene rings is 2. The topological polar surface area (TPSA) is 54.1 Å². The van der Waals surface area contributed by atoms with Gasteiger partial charge in [0.15, 0.2) is 0 Å². The van der Waals surface area contributed by atoms with Crippen LogP contribution in [0.15, 0.2) is 54.7 Å². The van der Waals surface area contributed by atoms with Gasteiger partial charge in [0.2, 0.25) is 5.91 Å². The van der Waals surface area contributed by atoms with Gasteiger partial charge in [-0.2, -0.15) is 0 Å². The quantitative estimate of drug-likeness (QED) is 0.700. The number of methoxy groups -OCH3 is 1. The number of rotatable bonds is 7. The monoisotopic (exact) mass is 322 g/mol. The number of aromatic nitrogens is 1. The van der Waals surface area contributed by atoms with Gasteiger partial charge in [-0.3, -0.25) is 4.79 Å². The summed E-state index contributed by atoms with van der Waals surface area (Å²) in [6, 6.07) is 16.1. The van der Waals surface area contributed by atoms with Crippen LogP contribution in [-0.2, 0) is 17.6 Å². The second-order valence-electron chi connectivity index (χ2n) is 5.81. The number of hydrogen-bond donors (Lipinski definition) is 2. The molecule has 124 valence electrons. The number of hydrogen-bond acceptors (Lipinski definition) is 2. The van der Waals surface area contributed by atoms with Crippen LogP contribution in [-0.4, -0.2) is 24.5 Å². The van der Waals surface area contributed by atoms with E-state index in [0.29, 0.717) is 13.0 Å². The molecule has 1 aromatic heterocycles. The number of H-pyrrole nitrogens is 1. The number of ether oxygens (including phenoxy) is 1. The summed E-state index contributed by atoms with van der Waals surface area (Å²) in [5, 5.41) is 4.15. The molecule has 3 aromatic rings. The van der Waals surface area contributed by atoms with Crippen LogP contribution >= 0.6 is 0 Å². The van der Waals surface area contributed by atoms with Gasteiger partial charge in [-0.1, -0.05) is 30.3 Å². The predicted octanol–water partition coefficient (Wildman–Crippen LogP) is 3.47. The number of amides is 1. The van der Waals surface area contributed by atoms with Gasteiger partial charge in [0.1, 0.15) is 5.75 Å². The zero-order valence-corrected chi connectivity index (χ0v) is 13.8. The van der Waals surface area contributed by atoms with Crippen LogP contribution < -0.4 is 10.1 Å². The average molecular weight is 322 g/mol. The maximum absolute atomic E-state index is 12.0. The fourth-order valence-electron chi connectivity index (χ4n) is 2.82. The Morgan fingerprint density at radius 3 is 2.75 bits per heavy atom. The summed E-state index contributed by atoms with van der Waals surface area (Å²) in [5.74, 6) is 0.937. The van der Waals surface area contributed by atoms with Gasteiger partial charge in [-0.15, -0.1) is 0 Å². The Kier molecular flexibility index (Phi) is 5.16. The molecule has 0 bridgehead atoms. The van der Waals surface area contributed by atoms with Gasteiger partial charge in [-0.25, -0.2) is 0 Å². The number of nitrogens with one attached hydrogen (secondary N) is 2. The van der Waals surface area contributed by atoms with Gasteiger partial charge in [-0.05, 0) is 42.2 Å². The molecule has 0 radical (unpaired) electrons. The highest BCUT2D eigenvalue weighted by atomic mass is 16.5. The molecule has 24 heavy (non-hydrogen) atoms. The van der Waals surface area contributed by atoms with E-state index >= 15 is 0 Å². The molecule has 0 fully saturated rings. The first-order chi connectivity index (χ1) is 11.8. The Labute approximate surface area is 141 Å². The highest BCUT2D eigenvalue weighted by Crippen LogP contribution is 2.23. The molecule has 3 rings (SSSR count). The van der Waals surface area contributed by atoms with Crippen molar-refractivity contribution in [3.63, 3.8) is 0 Å². The minimum atomic E-state index is 0.0938. The van der Waals surface area contributed by atoms with Crippen molar-refractivity contribution < 1.29 is 9.53 Å². The standard InChI is InChI=1S/C20H22N2O2/c1-24-17-8-9-19-18(13-17)16(14-22-19)11-12-21-20(23)10-7-15-5-3-2-4-6-15/h2-6,8-9,13-14,22H,7,10-12H2,1H3,(H,21,23). The zero-order valence-electron chi connectivity index (χ0n) is 13.8. The predicted molar refractivity (Wildman–Crippen MR) is 96.3 cm³/mol. The van der Waals surface area contributed by atoms with Crippen LogP contribution in [0, 0.1) is 0 Å². The lowest BCUT2D eigenvalue weighted by Gasteiger charge is -2.06. The van der Waals surface area contributed by atoms with Crippen molar-refractivity contribution in [3.05, 3.63) is 65.9 Å². The van der Waals surface area contributed by atoms with Crippen molar-refractivity contribution in [1.82, 2.24) is 10.3 Å². The summed E-state index contributed by atoms with van der Waals surface area (Å²) in [4.78, 5) is 15.2. The third-order valence-corrected chi connectivity index (χ3v) is 4.17. The molecule has 0 aliphatic heterocycles. The molecule has 0 unspecified atom stereocenters. The summed E-state index contributed by atoms with van der Waals surface area (Å²) in [7, 11) is 1.67. The maximum Gasteiger partial charge on any atom is 0.220 e. The lowest BCUT2D eigenvalue weighted by molar-refractivity contribution is -0.121. The van der Waals surface area contributed by atoms with E-state index in [0.717, 1.165) is 29.5 Å². The van der Waals surface area contributed by atoms with Crippen molar-refractivity contribution in [1.29, 1.82) is 0 Å². The molecule has 4 nitrogen and oxygen atoms in total. The molecule has 1 amide bonds. The van der Waals surface area contributed by atoms with Crippen LogP contribution in [0.1, 0.15) is 17.5 Å². The minimum absolute atomic E-state index is 0.0938. The Balaban J connectivity index is 1.50. The first-order valence-corrected chi connectivity index (χ1v) is 8.21. The normalized spacial score (nSPS) is 10.7. The fourth-order valence-corrected chi connectivity index (χ4v) is 2.82. The van der Waals surface area contributed by atoms with E-state index in [4.69, 9.17) is 4.74 Å². The largest absolute Gasteiger partial charge is 0.497 e. The summed E-state index contributed by atoms with van der Waals surface area (Å²) in [6.45, 7) is 0.637. The molecule has 2 aromatic carbocycles. The molecule has 0 saturated heterocycles. The number of aromatic amines is 1. The van der Waals surface area contributed by atoms with Crippen LogP contribution in [0.5, 0.6) is 5.75 Å². The first-order valence-electron chi connectivity index (χ1n) is 8.21. The molecule has 0 aliphatic rings. The van der Waals surface area contributed by atoms with Crippen molar-refractivity contribution in [2.75, 3.05) is 13.7 Å². The van der Waals surface area contributed by atoms with Crippen LogP contribution in [0.4, 0.5) is 0 Å². The Bertz CT molecular complexity index is 809. The molecule has 0 aliphatic carbocycles. The Hall–Kier alpha value is -2.75. The smallest absolute Gasteiger partial charge is 0.220 e. The van der Waals surface area contributed by atoms with Crippen molar-refractivity contribution in [2.24, 2.45) is 0 Å². The van der Waals surface area contributed by atoms with E-state index < -0.39 is 0 Å². The van der Waals surface area contributed by atoms with E-state index in [1.54, 1.807) is 7.11 Å². The third kappa shape index (κ3) is 3.96. The second kappa shape index (κ2) is 7.68.